The Hall–Kier alpha value is -0.680. The molecular weight excluding hydrogens is 272 g/mol. The summed E-state index contributed by atoms with van der Waals surface area (Å²) in [4.78, 5) is 15.6. The van der Waals surface area contributed by atoms with E-state index in [1.54, 1.807) is 0 Å². The summed E-state index contributed by atoms with van der Waals surface area (Å²) < 4.78 is 2.16. The molecule has 1 saturated heterocycles. The van der Waals surface area contributed by atoms with Crippen molar-refractivity contribution in [1.29, 1.82) is 0 Å². The molecule has 0 saturated carbocycles. The first-order valence-corrected chi connectivity index (χ1v) is 7.19. The van der Waals surface area contributed by atoms with Crippen LogP contribution < -0.4 is 0 Å². The van der Waals surface area contributed by atoms with Gasteiger partial charge in [-0.05, 0) is 31.4 Å². The van der Waals surface area contributed by atoms with E-state index in [1.165, 1.54) is 24.3 Å². The van der Waals surface area contributed by atoms with E-state index in [0.717, 1.165) is 18.7 Å². The third-order valence-corrected chi connectivity index (χ3v) is 5.06. The molecule has 1 fully saturated rings. The Labute approximate surface area is 117 Å². The van der Waals surface area contributed by atoms with E-state index in [-0.39, 0.29) is 18.3 Å². The van der Waals surface area contributed by atoms with E-state index >= 15 is 0 Å². The van der Waals surface area contributed by atoms with Crippen LogP contribution in [0, 0.1) is 5.92 Å². The third-order valence-electron chi connectivity index (χ3n) is 3.69. The van der Waals surface area contributed by atoms with E-state index in [1.807, 2.05) is 18.0 Å². The summed E-state index contributed by atoms with van der Waals surface area (Å²) in [6.45, 7) is 0.608. The number of nitrogens with zero attached hydrogens (tertiary/aromatic N) is 2. The Morgan fingerprint density at radius 2 is 2.33 bits per heavy atom. The summed E-state index contributed by atoms with van der Waals surface area (Å²) in [7, 11) is 0. The normalized spacial score (nSPS) is 26.4. The fourth-order valence-corrected chi connectivity index (χ4v) is 4.00. The zero-order valence-electron chi connectivity index (χ0n) is 10.0. The summed E-state index contributed by atoms with van der Waals surface area (Å²) in [5, 5.41) is 9.60. The maximum atomic E-state index is 11.1. The van der Waals surface area contributed by atoms with Crippen molar-refractivity contribution in [3.8, 4) is 0 Å². The van der Waals surface area contributed by atoms with Gasteiger partial charge in [-0.2, -0.15) is 11.8 Å². The van der Waals surface area contributed by atoms with Crippen LogP contribution in [0.15, 0.2) is 6.20 Å². The van der Waals surface area contributed by atoms with Crippen molar-refractivity contribution < 1.29 is 9.90 Å². The highest BCUT2D eigenvalue weighted by Crippen LogP contribution is 2.40. The predicted octanol–water partition coefficient (Wildman–Crippen LogP) is 2.52. The first kappa shape index (κ1) is 13.7. The van der Waals surface area contributed by atoms with Crippen molar-refractivity contribution in [3.05, 3.63) is 17.7 Å². The molecule has 2 aliphatic rings. The first-order chi connectivity index (χ1) is 8.25. The molecule has 3 rings (SSSR count). The van der Waals surface area contributed by atoms with Crippen LogP contribution in [-0.2, 0) is 17.8 Å². The van der Waals surface area contributed by atoms with Gasteiger partial charge in [0.05, 0.1) is 11.2 Å². The molecule has 1 aromatic heterocycles. The number of hydrogen-bond acceptors (Lipinski definition) is 3. The molecule has 1 aromatic rings. The minimum absolute atomic E-state index is 0. The lowest BCUT2D eigenvalue weighted by Gasteiger charge is -2.23. The monoisotopic (exact) mass is 288 g/mol. The van der Waals surface area contributed by atoms with Gasteiger partial charge in [-0.1, -0.05) is 0 Å². The molecule has 0 radical (unpaired) electrons. The molecule has 18 heavy (non-hydrogen) atoms. The minimum atomic E-state index is -0.672. The van der Waals surface area contributed by atoms with Gasteiger partial charge in [-0.25, -0.2) is 4.98 Å². The second-order valence-corrected chi connectivity index (χ2v) is 6.10. The van der Waals surface area contributed by atoms with E-state index in [9.17, 15) is 4.79 Å². The molecule has 2 atom stereocenters. The zero-order chi connectivity index (χ0) is 11.8. The lowest BCUT2D eigenvalue weighted by molar-refractivity contribution is -0.142. The van der Waals surface area contributed by atoms with Gasteiger partial charge in [0.1, 0.15) is 5.82 Å². The van der Waals surface area contributed by atoms with Crippen molar-refractivity contribution in [2.24, 2.45) is 5.92 Å². The smallest absolute Gasteiger partial charge is 0.308 e. The Bertz CT molecular complexity index is 443. The number of halogens is 1. The van der Waals surface area contributed by atoms with Gasteiger partial charge in [-0.15, -0.1) is 12.4 Å². The molecule has 0 aliphatic carbocycles. The summed E-state index contributed by atoms with van der Waals surface area (Å²) in [6.07, 6.45) is 5.96. The Morgan fingerprint density at radius 1 is 1.50 bits per heavy atom. The molecular formula is C12H17ClN2O2S. The van der Waals surface area contributed by atoms with E-state index in [4.69, 9.17) is 5.11 Å². The SMILES string of the molecule is Cl.O=C(O)C1CCc2cnc(C3CCCS3)n2C1. The van der Waals surface area contributed by atoms with Crippen LogP contribution in [0.4, 0.5) is 0 Å². The summed E-state index contributed by atoms with van der Waals surface area (Å²) in [5.41, 5.74) is 1.21. The van der Waals surface area contributed by atoms with Crippen LogP contribution >= 0.6 is 24.2 Å². The maximum Gasteiger partial charge on any atom is 0.308 e. The predicted molar refractivity (Wildman–Crippen MR) is 73.4 cm³/mol. The number of aryl methyl sites for hydroxylation is 1. The number of carbonyl (C=O) groups is 1. The highest BCUT2D eigenvalue weighted by Gasteiger charge is 2.30. The number of carboxylic acids is 1. The summed E-state index contributed by atoms with van der Waals surface area (Å²) >= 11 is 1.95. The van der Waals surface area contributed by atoms with Gasteiger partial charge in [0, 0.05) is 18.4 Å². The number of fused-ring (bicyclic) bond motifs is 1. The van der Waals surface area contributed by atoms with Gasteiger partial charge in [0.15, 0.2) is 0 Å². The number of aromatic nitrogens is 2. The summed E-state index contributed by atoms with van der Waals surface area (Å²) in [5.74, 6) is 1.40. The molecule has 0 spiro atoms. The van der Waals surface area contributed by atoms with Crippen LogP contribution in [-0.4, -0.2) is 26.4 Å². The molecule has 0 aromatic carbocycles. The van der Waals surface area contributed by atoms with Crippen LogP contribution in [0.3, 0.4) is 0 Å². The topological polar surface area (TPSA) is 55.1 Å². The highest BCUT2D eigenvalue weighted by molar-refractivity contribution is 7.99. The Balaban J connectivity index is 0.00000120. The Morgan fingerprint density at radius 3 is 3.00 bits per heavy atom. The lowest BCUT2D eigenvalue weighted by Crippen LogP contribution is -2.27. The number of aliphatic carboxylic acids is 1. The van der Waals surface area contributed by atoms with E-state index < -0.39 is 5.97 Å². The fourth-order valence-electron chi connectivity index (χ4n) is 2.71. The molecule has 0 bridgehead atoms. The van der Waals surface area contributed by atoms with Gasteiger partial charge < -0.3 is 9.67 Å². The third kappa shape index (κ3) is 2.38. The number of imidazole rings is 1. The molecule has 3 heterocycles. The maximum absolute atomic E-state index is 11.1. The highest BCUT2D eigenvalue weighted by atomic mass is 35.5. The second kappa shape index (κ2) is 5.53. The van der Waals surface area contributed by atoms with Crippen LogP contribution in [0.5, 0.6) is 0 Å². The van der Waals surface area contributed by atoms with Crippen molar-refractivity contribution >= 4 is 30.1 Å². The average molecular weight is 289 g/mol. The fraction of sp³-hybridized carbons (Fsp3) is 0.667. The molecule has 2 aliphatic heterocycles. The molecule has 4 nitrogen and oxygen atoms in total. The Kier molecular flexibility index (Phi) is 4.22. The van der Waals surface area contributed by atoms with Gasteiger partial charge >= 0.3 is 5.97 Å². The standard InChI is InChI=1S/C12H16N2O2S.ClH/c15-12(16)8-3-4-9-6-13-11(14(9)7-8)10-2-1-5-17-10;/h6,8,10H,1-5,7H2,(H,15,16);1H. The van der Waals surface area contributed by atoms with E-state index in [0.29, 0.717) is 11.8 Å². The first-order valence-electron chi connectivity index (χ1n) is 6.14. The number of thioether (sulfide) groups is 1. The van der Waals surface area contributed by atoms with E-state index in [2.05, 4.69) is 9.55 Å². The number of carboxylic acid groups (broad SMARTS) is 1. The van der Waals surface area contributed by atoms with Gasteiger partial charge in [-0.3, -0.25) is 4.79 Å². The average Bonchev–Trinajstić information content (AvgIpc) is 2.96. The van der Waals surface area contributed by atoms with Crippen molar-refractivity contribution in [2.45, 2.75) is 37.5 Å². The lowest BCUT2D eigenvalue weighted by atomic mass is 9.98. The molecule has 0 amide bonds. The van der Waals surface area contributed by atoms with Crippen molar-refractivity contribution in [1.82, 2.24) is 9.55 Å². The minimum Gasteiger partial charge on any atom is -0.481 e. The van der Waals surface area contributed by atoms with Crippen LogP contribution in [0.1, 0.15) is 36.0 Å². The molecule has 1 N–H and O–H groups in total. The van der Waals surface area contributed by atoms with Crippen molar-refractivity contribution in [3.63, 3.8) is 0 Å². The number of hydrogen-bond donors (Lipinski definition) is 1. The molecule has 100 valence electrons. The summed E-state index contributed by atoms with van der Waals surface area (Å²) in [6, 6.07) is 0. The zero-order valence-corrected chi connectivity index (χ0v) is 11.7. The molecule has 6 heteroatoms. The van der Waals surface area contributed by atoms with Gasteiger partial charge in [0.25, 0.3) is 0 Å². The molecule has 2 unspecified atom stereocenters. The largest absolute Gasteiger partial charge is 0.481 e. The number of rotatable bonds is 2. The quantitative estimate of drug-likeness (QED) is 0.908. The second-order valence-electron chi connectivity index (χ2n) is 4.79. The van der Waals surface area contributed by atoms with Crippen LogP contribution in [0.25, 0.3) is 0 Å². The van der Waals surface area contributed by atoms with Gasteiger partial charge in [0.2, 0.25) is 0 Å². The van der Waals surface area contributed by atoms with Crippen LogP contribution in [0.2, 0.25) is 0 Å². The van der Waals surface area contributed by atoms with Crippen molar-refractivity contribution in [2.75, 3.05) is 5.75 Å².